The molecule has 2 aromatic carbocycles. The molecular formula is C19H18N2O3S. The molecule has 1 aromatic heterocycles. The van der Waals surface area contributed by atoms with Crippen LogP contribution in [0.3, 0.4) is 0 Å². The van der Waals surface area contributed by atoms with Crippen LogP contribution in [0.4, 0.5) is 0 Å². The first-order chi connectivity index (χ1) is 12.0. The minimum atomic E-state index is -0.849. The number of likely N-dealkylation sites (N-methyl/N-ethyl adjacent to an activating group) is 1. The van der Waals surface area contributed by atoms with Crippen LogP contribution >= 0.6 is 11.3 Å². The van der Waals surface area contributed by atoms with Crippen LogP contribution in [0.1, 0.15) is 22.8 Å². The molecule has 5 nitrogen and oxygen atoms in total. The zero-order valence-electron chi connectivity index (χ0n) is 14.0. The van der Waals surface area contributed by atoms with Gasteiger partial charge in [-0.2, -0.15) is 0 Å². The molecule has 0 fully saturated rings. The molecule has 1 amide bonds. The van der Waals surface area contributed by atoms with Gasteiger partial charge in [0.05, 0.1) is 21.3 Å². The molecule has 0 bridgehead atoms. The van der Waals surface area contributed by atoms with Gasteiger partial charge in [-0.3, -0.25) is 4.79 Å². The Morgan fingerprint density at radius 2 is 1.96 bits per heavy atom. The van der Waals surface area contributed by atoms with Crippen LogP contribution in [0.5, 0.6) is 0 Å². The van der Waals surface area contributed by atoms with E-state index in [1.165, 1.54) is 11.3 Å². The van der Waals surface area contributed by atoms with E-state index < -0.39 is 12.1 Å². The van der Waals surface area contributed by atoms with Crippen molar-refractivity contribution >= 4 is 33.4 Å². The van der Waals surface area contributed by atoms with Crippen LogP contribution in [0.15, 0.2) is 54.0 Å². The largest absolute Gasteiger partial charge is 0.449 e. The van der Waals surface area contributed by atoms with E-state index in [-0.39, 0.29) is 5.91 Å². The lowest BCUT2D eigenvalue weighted by atomic mass is 10.2. The average molecular weight is 354 g/mol. The van der Waals surface area contributed by atoms with Gasteiger partial charge in [-0.1, -0.05) is 30.3 Å². The number of aromatic nitrogens is 1. The topological polar surface area (TPSA) is 59.5 Å². The summed E-state index contributed by atoms with van der Waals surface area (Å²) in [7, 11) is 1.70. The molecule has 1 heterocycles. The monoisotopic (exact) mass is 354 g/mol. The Kier molecular flexibility index (Phi) is 5.09. The van der Waals surface area contributed by atoms with Crippen molar-refractivity contribution in [3.8, 4) is 0 Å². The van der Waals surface area contributed by atoms with Crippen LogP contribution in [-0.4, -0.2) is 34.9 Å². The minimum Gasteiger partial charge on any atom is -0.449 e. The quantitative estimate of drug-likeness (QED) is 0.658. The lowest BCUT2D eigenvalue weighted by molar-refractivity contribution is -0.139. The highest BCUT2D eigenvalue weighted by atomic mass is 32.1. The average Bonchev–Trinajstić information content (AvgIpc) is 3.09. The van der Waals surface area contributed by atoms with Gasteiger partial charge in [0.25, 0.3) is 5.91 Å². The Labute approximate surface area is 149 Å². The number of thiazole rings is 1. The maximum Gasteiger partial charge on any atom is 0.338 e. The van der Waals surface area contributed by atoms with E-state index in [9.17, 15) is 9.59 Å². The van der Waals surface area contributed by atoms with Crippen LogP contribution in [0.25, 0.3) is 10.2 Å². The van der Waals surface area contributed by atoms with Crippen molar-refractivity contribution in [2.45, 2.75) is 19.6 Å². The molecule has 0 saturated carbocycles. The zero-order valence-corrected chi connectivity index (χ0v) is 14.8. The van der Waals surface area contributed by atoms with Crippen molar-refractivity contribution in [1.82, 2.24) is 9.88 Å². The van der Waals surface area contributed by atoms with Gasteiger partial charge in [-0.15, -0.1) is 11.3 Å². The van der Waals surface area contributed by atoms with Gasteiger partial charge in [-0.25, -0.2) is 9.78 Å². The highest BCUT2D eigenvalue weighted by Gasteiger charge is 2.22. The van der Waals surface area contributed by atoms with Gasteiger partial charge in [0.2, 0.25) is 0 Å². The fourth-order valence-electron chi connectivity index (χ4n) is 2.51. The third kappa shape index (κ3) is 4.03. The number of hydrogen-bond donors (Lipinski definition) is 0. The summed E-state index contributed by atoms with van der Waals surface area (Å²) in [5, 5.41) is 0. The molecule has 0 saturated heterocycles. The number of fused-ring (bicyclic) bond motifs is 1. The number of ether oxygens (including phenoxy) is 1. The standard InChI is InChI=1S/C19H18N2O3S/c1-13(18(22)21(2)11-14-6-4-3-5-7-14)24-19(23)15-8-9-16-17(10-15)25-12-20-16/h3-10,12-13H,11H2,1-2H3. The molecular weight excluding hydrogens is 336 g/mol. The number of amides is 1. The predicted molar refractivity (Wildman–Crippen MR) is 97.4 cm³/mol. The first-order valence-electron chi connectivity index (χ1n) is 7.88. The normalized spacial score (nSPS) is 11.9. The van der Waals surface area contributed by atoms with Crippen molar-refractivity contribution in [1.29, 1.82) is 0 Å². The van der Waals surface area contributed by atoms with E-state index in [0.717, 1.165) is 15.8 Å². The number of benzene rings is 2. The molecule has 1 unspecified atom stereocenters. The lowest BCUT2D eigenvalue weighted by Gasteiger charge is -2.21. The molecule has 0 aliphatic rings. The number of carbonyl (C=O) groups is 2. The van der Waals surface area contributed by atoms with Crippen molar-refractivity contribution in [3.63, 3.8) is 0 Å². The fourth-order valence-corrected chi connectivity index (χ4v) is 3.22. The van der Waals surface area contributed by atoms with E-state index in [1.54, 1.807) is 42.6 Å². The van der Waals surface area contributed by atoms with E-state index in [1.807, 2.05) is 30.3 Å². The summed E-state index contributed by atoms with van der Waals surface area (Å²) in [5.74, 6) is -0.750. The smallest absolute Gasteiger partial charge is 0.338 e. The molecule has 128 valence electrons. The molecule has 25 heavy (non-hydrogen) atoms. The summed E-state index contributed by atoms with van der Waals surface area (Å²) in [6, 6.07) is 14.8. The second kappa shape index (κ2) is 7.44. The van der Waals surface area contributed by atoms with Gasteiger partial charge >= 0.3 is 5.97 Å². The van der Waals surface area contributed by atoms with Crippen LogP contribution in [-0.2, 0) is 16.1 Å². The number of esters is 1. The Bertz CT molecular complexity index is 892. The first kappa shape index (κ1) is 17.1. The molecule has 1 atom stereocenters. The van der Waals surface area contributed by atoms with Gasteiger partial charge in [0, 0.05) is 13.6 Å². The Hall–Kier alpha value is -2.73. The zero-order chi connectivity index (χ0) is 17.8. The van der Waals surface area contributed by atoms with Crippen LogP contribution in [0.2, 0.25) is 0 Å². The van der Waals surface area contributed by atoms with E-state index in [4.69, 9.17) is 4.74 Å². The predicted octanol–water partition coefficient (Wildman–Crippen LogP) is 3.50. The van der Waals surface area contributed by atoms with Crippen molar-refractivity contribution in [2.75, 3.05) is 7.05 Å². The summed E-state index contributed by atoms with van der Waals surface area (Å²) >= 11 is 1.46. The SMILES string of the molecule is CC(OC(=O)c1ccc2ncsc2c1)C(=O)N(C)Cc1ccccc1. The van der Waals surface area contributed by atoms with Crippen molar-refractivity contribution < 1.29 is 14.3 Å². The second-order valence-electron chi connectivity index (χ2n) is 5.76. The van der Waals surface area contributed by atoms with Crippen LogP contribution < -0.4 is 0 Å². The summed E-state index contributed by atoms with van der Waals surface area (Å²) in [6.45, 7) is 2.06. The molecule has 6 heteroatoms. The summed E-state index contributed by atoms with van der Waals surface area (Å²) in [6.07, 6.45) is -0.849. The number of carbonyl (C=O) groups excluding carboxylic acids is 2. The first-order valence-corrected chi connectivity index (χ1v) is 8.75. The minimum absolute atomic E-state index is 0.240. The summed E-state index contributed by atoms with van der Waals surface area (Å²) < 4.78 is 6.25. The highest BCUT2D eigenvalue weighted by molar-refractivity contribution is 7.16. The summed E-state index contributed by atoms with van der Waals surface area (Å²) in [4.78, 5) is 30.5. The van der Waals surface area contributed by atoms with E-state index in [2.05, 4.69) is 4.98 Å². The second-order valence-corrected chi connectivity index (χ2v) is 6.65. The van der Waals surface area contributed by atoms with Gasteiger partial charge in [0.1, 0.15) is 0 Å². The third-order valence-corrected chi connectivity index (χ3v) is 4.63. The Balaban J connectivity index is 1.62. The molecule has 0 aliphatic carbocycles. The maximum atomic E-state index is 12.4. The van der Waals surface area contributed by atoms with E-state index in [0.29, 0.717) is 12.1 Å². The Morgan fingerprint density at radius 3 is 2.72 bits per heavy atom. The molecule has 3 rings (SSSR count). The molecule has 0 N–H and O–H groups in total. The number of nitrogens with zero attached hydrogens (tertiary/aromatic N) is 2. The van der Waals surface area contributed by atoms with Crippen molar-refractivity contribution in [3.05, 3.63) is 65.2 Å². The van der Waals surface area contributed by atoms with E-state index >= 15 is 0 Å². The van der Waals surface area contributed by atoms with Crippen LogP contribution in [0, 0.1) is 0 Å². The lowest BCUT2D eigenvalue weighted by Crippen LogP contribution is -2.37. The number of rotatable bonds is 5. The van der Waals surface area contributed by atoms with Crippen molar-refractivity contribution in [2.24, 2.45) is 0 Å². The maximum absolute atomic E-state index is 12.4. The Morgan fingerprint density at radius 1 is 1.20 bits per heavy atom. The number of hydrogen-bond acceptors (Lipinski definition) is 5. The van der Waals surface area contributed by atoms with Gasteiger partial charge in [-0.05, 0) is 30.7 Å². The third-order valence-electron chi connectivity index (χ3n) is 3.84. The molecule has 0 aliphatic heterocycles. The molecule has 3 aromatic rings. The summed E-state index contributed by atoms with van der Waals surface area (Å²) in [5.41, 5.74) is 4.01. The van der Waals surface area contributed by atoms with Gasteiger partial charge < -0.3 is 9.64 Å². The molecule has 0 radical (unpaired) electrons. The fraction of sp³-hybridized carbons (Fsp3) is 0.211. The van der Waals surface area contributed by atoms with Gasteiger partial charge in [0.15, 0.2) is 6.10 Å². The molecule has 0 spiro atoms. The highest BCUT2D eigenvalue weighted by Crippen LogP contribution is 2.20.